The van der Waals surface area contributed by atoms with Crippen LogP contribution in [0.3, 0.4) is 0 Å². The van der Waals surface area contributed by atoms with Crippen LogP contribution in [0.2, 0.25) is 0 Å². The molecule has 1 rings (SSSR count). The predicted octanol–water partition coefficient (Wildman–Crippen LogP) is 4.03. The molecule has 1 fully saturated rings. The largest absolute Gasteiger partial charge is 0.313 e. The first-order chi connectivity index (χ1) is 8.10. The Morgan fingerprint density at radius 3 is 2.47 bits per heavy atom. The molecule has 0 amide bonds. The molecule has 5 atom stereocenters. The van der Waals surface area contributed by atoms with Crippen molar-refractivity contribution in [1.29, 1.82) is 0 Å². The smallest absolute Gasteiger partial charge is 0.0297 e. The summed E-state index contributed by atoms with van der Waals surface area (Å²) in [5.74, 6) is 2.11. The maximum Gasteiger partial charge on any atom is 0.0297 e. The Morgan fingerprint density at radius 1 is 1.24 bits per heavy atom. The SMILES string of the molecule is CCCNC(C(C)CC)C1CSC(C)C(C)S1. The van der Waals surface area contributed by atoms with E-state index in [1.54, 1.807) is 0 Å². The van der Waals surface area contributed by atoms with Crippen molar-refractivity contribution in [3.63, 3.8) is 0 Å². The van der Waals surface area contributed by atoms with Crippen LogP contribution in [0.5, 0.6) is 0 Å². The standard InChI is InChI=1S/C14H29NS2/c1-6-8-15-14(10(3)7-2)13-9-16-11(4)12(5)17-13/h10-15H,6-9H2,1-5H3. The lowest BCUT2D eigenvalue weighted by Gasteiger charge is -2.38. The Morgan fingerprint density at radius 2 is 1.94 bits per heavy atom. The van der Waals surface area contributed by atoms with Crippen LogP contribution in [0, 0.1) is 5.92 Å². The van der Waals surface area contributed by atoms with Crippen LogP contribution >= 0.6 is 23.5 Å². The molecule has 1 N–H and O–H groups in total. The van der Waals surface area contributed by atoms with Gasteiger partial charge in [0, 0.05) is 27.5 Å². The minimum Gasteiger partial charge on any atom is -0.313 e. The van der Waals surface area contributed by atoms with E-state index in [1.807, 2.05) is 0 Å². The molecule has 1 saturated heterocycles. The van der Waals surface area contributed by atoms with Crippen LogP contribution < -0.4 is 5.32 Å². The molecule has 1 nitrogen and oxygen atoms in total. The van der Waals surface area contributed by atoms with E-state index in [-0.39, 0.29) is 0 Å². The van der Waals surface area contributed by atoms with Crippen molar-refractivity contribution in [3.05, 3.63) is 0 Å². The third-order valence-electron chi connectivity index (χ3n) is 3.86. The summed E-state index contributed by atoms with van der Waals surface area (Å²) in [5, 5.41) is 6.21. The van der Waals surface area contributed by atoms with Crippen LogP contribution in [0.15, 0.2) is 0 Å². The van der Waals surface area contributed by atoms with Gasteiger partial charge in [0.05, 0.1) is 0 Å². The third-order valence-corrected chi connectivity index (χ3v) is 7.38. The van der Waals surface area contributed by atoms with Crippen LogP contribution in [-0.4, -0.2) is 34.1 Å². The lowest BCUT2D eigenvalue weighted by atomic mass is 9.96. The number of hydrogen-bond acceptors (Lipinski definition) is 3. The molecule has 0 radical (unpaired) electrons. The van der Waals surface area contributed by atoms with Crippen LogP contribution in [-0.2, 0) is 0 Å². The van der Waals surface area contributed by atoms with Crippen molar-refractivity contribution >= 4 is 23.5 Å². The molecule has 0 bridgehead atoms. The fraction of sp³-hybridized carbons (Fsp3) is 1.00. The van der Waals surface area contributed by atoms with Gasteiger partial charge < -0.3 is 5.32 Å². The van der Waals surface area contributed by atoms with Gasteiger partial charge in [-0.3, -0.25) is 0 Å². The first-order valence-electron chi connectivity index (χ1n) is 7.10. The second-order valence-electron chi connectivity index (χ2n) is 5.28. The highest BCUT2D eigenvalue weighted by Crippen LogP contribution is 2.38. The molecule has 1 aliphatic heterocycles. The summed E-state index contributed by atoms with van der Waals surface area (Å²) in [4.78, 5) is 0. The molecule has 5 unspecified atom stereocenters. The van der Waals surface area contributed by atoms with Gasteiger partial charge in [-0.05, 0) is 18.9 Å². The highest BCUT2D eigenvalue weighted by atomic mass is 32.2. The average molecular weight is 276 g/mol. The Labute approximate surface area is 116 Å². The summed E-state index contributed by atoms with van der Waals surface area (Å²) in [6.07, 6.45) is 2.52. The molecule has 0 aromatic rings. The van der Waals surface area contributed by atoms with Gasteiger partial charge in [-0.2, -0.15) is 23.5 Å². The summed E-state index contributed by atoms with van der Waals surface area (Å²) in [6, 6.07) is 0.701. The van der Waals surface area contributed by atoms with Gasteiger partial charge in [0.25, 0.3) is 0 Å². The van der Waals surface area contributed by atoms with E-state index < -0.39 is 0 Å². The maximum absolute atomic E-state index is 3.79. The van der Waals surface area contributed by atoms with E-state index in [9.17, 15) is 0 Å². The number of hydrogen-bond donors (Lipinski definition) is 1. The first-order valence-corrected chi connectivity index (χ1v) is 9.09. The maximum atomic E-state index is 3.79. The summed E-state index contributed by atoms with van der Waals surface area (Å²) in [6.45, 7) is 12.9. The normalized spacial score (nSPS) is 33.4. The topological polar surface area (TPSA) is 12.0 Å². The highest BCUT2D eigenvalue weighted by molar-refractivity contribution is 8.07. The molecule has 3 heteroatoms. The summed E-state index contributed by atoms with van der Waals surface area (Å²) < 4.78 is 0. The lowest BCUT2D eigenvalue weighted by molar-refractivity contribution is 0.366. The van der Waals surface area contributed by atoms with E-state index in [4.69, 9.17) is 0 Å². The van der Waals surface area contributed by atoms with Crippen LogP contribution in [0.1, 0.15) is 47.5 Å². The molecular formula is C14H29NS2. The summed E-state index contributed by atoms with van der Waals surface area (Å²) in [5.41, 5.74) is 0. The van der Waals surface area contributed by atoms with E-state index in [2.05, 4.69) is 63.5 Å². The molecule has 1 aliphatic rings. The highest BCUT2D eigenvalue weighted by Gasteiger charge is 2.32. The Balaban J connectivity index is 2.56. The fourth-order valence-electron chi connectivity index (χ4n) is 2.26. The van der Waals surface area contributed by atoms with Gasteiger partial charge in [0.1, 0.15) is 0 Å². The minimum absolute atomic E-state index is 0.701. The molecule has 0 aliphatic carbocycles. The Hall–Kier alpha value is 0.660. The Kier molecular flexibility index (Phi) is 7.36. The van der Waals surface area contributed by atoms with Crippen molar-refractivity contribution in [2.24, 2.45) is 5.92 Å². The zero-order valence-electron chi connectivity index (χ0n) is 12.0. The van der Waals surface area contributed by atoms with Crippen LogP contribution in [0.25, 0.3) is 0 Å². The molecular weight excluding hydrogens is 246 g/mol. The first kappa shape index (κ1) is 15.7. The number of nitrogens with one attached hydrogen (secondary N) is 1. The number of thioether (sulfide) groups is 2. The molecule has 0 aromatic heterocycles. The van der Waals surface area contributed by atoms with Crippen LogP contribution in [0.4, 0.5) is 0 Å². The van der Waals surface area contributed by atoms with Gasteiger partial charge in [-0.1, -0.05) is 41.0 Å². The average Bonchev–Trinajstić information content (AvgIpc) is 2.33. The minimum atomic E-state index is 0.701. The molecule has 0 saturated carbocycles. The second kappa shape index (κ2) is 7.96. The van der Waals surface area contributed by atoms with Gasteiger partial charge >= 0.3 is 0 Å². The van der Waals surface area contributed by atoms with Gasteiger partial charge in [-0.25, -0.2) is 0 Å². The van der Waals surface area contributed by atoms with Crippen molar-refractivity contribution < 1.29 is 0 Å². The lowest BCUT2D eigenvalue weighted by Crippen LogP contribution is -2.47. The fourth-order valence-corrected chi connectivity index (χ4v) is 5.52. The monoisotopic (exact) mass is 275 g/mol. The van der Waals surface area contributed by atoms with Crippen molar-refractivity contribution in [2.75, 3.05) is 12.3 Å². The molecule has 0 spiro atoms. The van der Waals surface area contributed by atoms with E-state index in [0.29, 0.717) is 6.04 Å². The van der Waals surface area contributed by atoms with Gasteiger partial charge in [0.15, 0.2) is 0 Å². The molecule has 17 heavy (non-hydrogen) atoms. The van der Waals surface area contributed by atoms with Crippen molar-refractivity contribution in [2.45, 2.75) is 69.3 Å². The van der Waals surface area contributed by atoms with E-state index >= 15 is 0 Å². The van der Waals surface area contributed by atoms with Gasteiger partial charge in [-0.15, -0.1) is 0 Å². The van der Waals surface area contributed by atoms with Crippen molar-refractivity contribution in [3.8, 4) is 0 Å². The van der Waals surface area contributed by atoms with E-state index in [0.717, 1.165) is 21.7 Å². The van der Waals surface area contributed by atoms with Crippen molar-refractivity contribution in [1.82, 2.24) is 5.32 Å². The quantitative estimate of drug-likeness (QED) is 0.786. The van der Waals surface area contributed by atoms with Gasteiger partial charge in [0.2, 0.25) is 0 Å². The summed E-state index contributed by atoms with van der Waals surface area (Å²) >= 11 is 4.38. The predicted molar refractivity (Wildman–Crippen MR) is 84.3 cm³/mol. The number of rotatable bonds is 6. The zero-order chi connectivity index (χ0) is 12.8. The zero-order valence-corrected chi connectivity index (χ0v) is 13.7. The second-order valence-corrected chi connectivity index (χ2v) is 8.32. The molecule has 102 valence electrons. The third kappa shape index (κ3) is 4.68. The molecule has 0 aromatic carbocycles. The molecule has 1 heterocycles. The Bertz CT molecular complexity index is 210. The van der Waals surface area contributed by atoms with E-state index in [1.165, 1.54) is 25.1 Å². The summed E-state index contributed by atoms with van der Waals surface area (Å²) in [7, 11) is 0.